The average Bonchev–Trinajstić information content (AvgIpc) is 3.13. The summed E-state index contributed by atoms with van der Waals surface area (Å²) in [5.74, 6) is 7.07. The molecule has 5 N–H and O–H groups in total. The highest BCUT2D eigenvalue weighted by molar-refractivity contribution is 5.53. The third-order valence-electron chi connectivity index (χ3n) is 2.91. The van der Waals surface area contributed by atoms with E-state index in [1.807, 2.05) is 6.07 Å². The Morgan fingerprint density at radius 1 is 1.47 bits per heavy atom. The number of hydrogen-bond donors (Lipinski definition) is 3. The lowest BCUT2D eigenvalue weighted by Crippen LogP contribution is -2.28. The monoisotopic (exact) mass is 236 g/mol. The van der Waals surface area contributed by atoms with Crippen LogP contribution >= 0.6 is 0 Å². The zero-order chi connectivity index (χ0) is 12.3. The van der Waals surface area contributed by atoms with Gasteiger partial charge in [-0.2, -0.15) is 9.97 Å². The summed E-state index contributed by atoms with van der Waals surface area (Å²) in [5, 5.41) is 0. The van der Waals surface area contributed by atoms with Crippen molar-refractivity contribution in [2.24, 2.45) is 5.84 Å². The maximum Gasteiger partial charge on any atom is 0.223 e. The van der Waals surface area contributed by atoms with E-state index in [1.54, 1.807) is 0 Å². The Morgan fingerprint density at radius 2 is 2.24 bits per heavy atom. The largest absolute Gasteiger partial charge is 0.368 e. The first-order valence-corrected chi connectivity index (χ1v) is 6.12. The summed E-state index contributed by atoms with van der Waals surface area (Å²) in [6.07, 6.45) is 4.80. The van der Waals surface area contributed by atoms with E-state index in [9.17, 15) is 0 Å². The molecule has 1 aliphatic rings. The van der Waals surface area contributed by atoms with E-state index in [1.165, 1.54) is 19.3 Å². The van der Waals surface area contributed by atoms with E-state index in [2.05, 4.69) is 27.2 Å². The number of nitrogens with one attached hydrogen (secondary N) is 1. The molecule has 0 aliphatic heterocycles. The Labute approximate surface area is 101 Å². The molecule has 94 valence electrons. The first-order valence-electron chi connectivity index (χ1n) is 6.12. The molecule has 1 fully saturated rings. The molecule has 0 spiro atoms. The lowest BCUT2D eigenvalue weighted by molar-refractivity contribution is 0.704. The second-order valence-corrected chi connectivity index (χ2v) is 4.39. The maximum atomic E-state index is 5.68. The first kappa shape index (κ1) is 11.9. The van der Waals surface area contributed by atoms with E-state index in [0.717, 1.165) is 18.8 Å². The van der Waals surface area contributed by atoms with Gasteiger partial charge < -0.3 is 16.1 Å². The van der Waals surface area contributed by atoms with Gasteiger partial charge in [-0.25, -0.2) is 5.84 Å². The van der Waals surface area contributed by atoms with Crippen LogP contribution in [0.1, 0.15) is 32.6 Å². The second-order valence-electron chi connectivity index (χ2n) is 4.39. The van der Waals surface area contributed by atoms with E-state index in [4.69, 9.17) is 11.6 Å². The van der Waals surface area contributed by atoms with Gasteiger partial charge in [-0.05, 0) is 19.3 Å². The molecule has 2 rings (SSSR count). The number of nitrogen functional groups attached to an aromatic ring is 2. The highest BCUT2D eigenvalue weighted by Gasteiger charge is 2.29. The normalized spacial score (nSPS) is 14.7. The fourth-order valence-corrected chi connectivity index (χ4v) is 1.87. The Hall–Kier alpha value is -1.56. The average molecular weight is 236 g/mol. The number of rotatable bonds is 6. The molecule has 1 aliphatic carbocycles. The van der Waals surface area contributed by atoms with Crippen LogP contribution in [0, 0.1) is 0 Å². The van der Waals surface area contributed by atoms with Gasteiger partial charge in [0.25, 0.3) is 0 Å². The summed E-state index contributed by atoms with van der Waals surface area (Å²) in [5.41, 5.74) is 8.20. The summed E-state index contributed by atoms with van der Waals surface area (Å²) in [6.45, 7) is 3.20. The molecule has 0 unspecified atom stereocenters. The fourth-order valence-electron chi connectivity index (χ4n) is 1.87. The number of anilines is 3. The van der Waals surface area contributed by atoms with Crippen LogP contribution in [0.25, 0.3) is 0 Å². The zero-order valence-corrected chi connectivity index (χ0v) is 10.2. The van der Waals surface area contributed by atoms with Crippen LogP contribution in [0.15, 0.2) is 6.07 Å². The molecule has 0 amide bonds. The Kier molecular flexibility index (Phi) is 3.63. The Morgan fingerprint density at radius 3 is 2.82 bits per heavy atom. The van der Waals surface area contributed by atoms with Crippen LogP contribution in [-0.2, 0) is 0 Å². The smallest absolute Gasteiger partial charge is 0.223 e. The second kappa shape index (κ2) is 5.18. The highest BCUT2D eigenvalue weighted by Crippen LogP contribution is 2.31. The zero-order valence-electron chi connectivity index (χ0n) is 10.2. The van der Waals surface area contributed by atoms with Crippen molar-refractivity contribution in [1.29, 1.82) is 0 Å². The SMILES string of the molecule is CCCCN(c1cc(NN)nc(N)n1)C1CC1. The minimum Gasteiger partial charge on any atom is -0.368 e. The van der Waals surface area contributed by atoms with Gasteiger partial charge in [0, 0.05) is 18.7 Å². The molecule has 1 heterocycles. The predicted molar refractivity (Wildman–Crippen MR) is 69.5 cm³/mol. The van der Waals surface area contributed by atoms with Crippen LogP contribution in [0.3, 0.4) is 0 Å². The topological polar surface area (TPSA) is 93.1 Å². The third-order valence-corrected chi connectivity index (χ3v) is 2.91. The quantitative estimate of drug-likeness (QED) is 0.506. The standard InChI is InChI=1S/C11H20N6/c1-2-3-6-17(8-4-5-8)10-7-9(16-13)14-11(12)15-10/h7-8H,2-6,13H2,1H3,(H3,12,14,15,16). The molecule has 1 aromatic heterocycles. The van der Waals surface area contributed by atoms with Gasteiger partial charge in [0.05, 0.1) is 0 Å². The summed E-state index contributed by atoms with van der Waals surface area (Å²) in [6, 6.07) is 2.46. The van der Waals surface area contributed by atoms with Gasteiger partial charge in [-0.15, -0.1) is 0 Å². The van der Waals surface area contributed by atoms with Crippen LogP contribution < -0.4 is 21.9 Å². The van der Waals surface area contributed by atoms with Crippen LogP contribution in [0.4, 0.5) is 17.6 Å². The lowest BCUT2D eigenvalue weighted by Gasteiger charge is -2.23. The van der Waals surface area contributed by atoms with Crippen molar-refractivity contribution in [2.45, 2.75) is 38.6 Å². The van der Waals surface area contributed by atoms with Crippen molar-refractivity contribution >= 4 is 17.6 Å². The Bertz CT molecular complexity index is 376. The third kappa shape index (κ3) is 2.97. The van der Waals surface area contributed by atoms with Gasteiger partial charge in [-0.1, -0.05) is 13.3 Å². The molecule has 17 heavy (non-hydrogen) atoms. The minimum absolute atomic E-state index is 0.262. The van der Waals surface area contributed by atoms with Gasteiger partial charge in [-0.3, -0.25) is 0 Å². The van der Waals surface area contributed by atoms with Crippen molar-refractivity contribution in [3.63, 3.8) is 0 Å². The molecule has 6 heteroatoms. The van der Waals surface area contributed by atoms with Gasteiger partial charge >= 0.3 is 0 Å². The maximum absolute atomic E-state index is 5.68. The summed E-state index contributed by atoms with van der Waals surface area (Å²) < 4.78 is 0. The van der Waals surface area contributed by atoms with Gasteiger partial charge in [0.15, 0.2) is 0 Å². The molecule has 0 radical (unpaired) electrons. The number of hydrogen-bond acceptors (Lipinski definition) is 6. The molecular formula is C11H20N6. The number of hydrazine groups is 1. The molecular weight excluding hydrogens is 216 g/mol. The number of unbranched alkanes of at least 4 members (excludes halogenated alkanes) is 1. The van der Waals surface area contributed by atoms with Crippen molar-refractivity contribution in [1.82, 2.24) is 9.97 Å². The molecule has 0 saturated heterocycles. The van der Waals surface area contributed by atoms with E-state index in [-0.39, 0.29) is 5.95 Å². The summed E-state index contributed by atoms with van der Waals surface area (Å²) >= 11 is 0. The Balaban J connectivity index is 2.18. The van der Waals surface area contributed by atoms with Crippen LogP contribution in [-0.4, -0.2) is 22.6 Å². The number of nitrogens with two attached hydrogens (primary N) is 2. The summed E-state index contributed by atoms with van der Waals surface area (Å²) in [7, 11) is 0. The predicted octanol–water partition coefficient (Wildman–Crippen LogP) is 1.11. The summed E-state index contributed by atoms with van der Waals surface area (Å²) in [4.78, 5) is 10.6. The molecule has 1 aromatic rings. The molecule has 6 nitrogen and oxygen atoms in total. The van der Waals surface area contributed by atoms with E-state index in [0.29, 0.717) is 11.9 Å². The van der Waals surface area contributed by atoms with E-state index < -0.39 is 0 Å². The molecule has 0 atom stereocenters. The molecule has 0 aromatic carbocycles. The fraction of sp³-hybridized carbons (Fsp3) is 0.636. The minimum atomic E-state index is 0.262. The molecule has 0 bridgehead atoms. The van der Waals surface area contributed by atoms with Crippen molar-refractivity contribution in [2.75, 3.05) is 22.6 Å². The van der Waals surface area contributed by atoms with Crippen molar-refractivity contribution in [3.8, 4) is 0 Å². The lowest BCUT2D eigenvalue weighted by atomic mass is 10.3. The van der Waals surface area contributed by atoms with Gasteiger partial charge in [0.1, 0.15) is 11.6 Å². The van der Waals surface area contributed by atoms with Crippen LogP contribution in [0.2, 0.25) is 0 Å². The number of nitrogens with zero attached hydrogens (tertiary/aromatic N) is 3. The molecule has 1 saturated carbocycles. The van der Waals surface area contributed by atoms with E-state index >= 15 is 0 Å². The number of aromatic nitrogens is 2. The van der Waals surface area contributed by atoms with Crippen LogP contribution in [0.5, 0.6) is 0 Å². The van der Waals surface area contributed by atoms with Crippen molar-refractivity contribution in [3.05, 3.63) is 6.07 Å². The first-order chi connectivity index (χ1) is 8.24. The highest BCUT2D eigenvalue weighted by atomic mass is 15.3. The van der Waals surface area contributed by atoms with Gasteiger partial charge in [0.2, 0.25) is 5.95 Å². The van der Waals surface area contributed by atoms with Crippen molar-refractivity contribution < 1.29 is 0 Å².